The van der Waals surface area contributed by atoms with Crippen molar-refractivity contribution in [3.63, 3.8) is 0 Å². The van der Waals surface area contributed by atoms with Gasteiger partial charge in [-0.15, -0.1) is 0 Å². The monoisotopic (exact) mass is 628 g/mol. The van der Waals surface area contributed by atoms with Gasteiger partial charge in [-0.1, -0.05) is 50.8 Å². The molecule has 1 fully saturated rings. The number of carboxylic acids is 1. The number of unbranched alkanes of at least 4 members (excludes halogenated alkanes) is 3. The summed E-state index contributed by atoms with van der Waals surface area (Å²) in [5, 5.41) is 12.5. The summed E-state index contributed by atoms with van der Waals surface area (Å²) in [6.45, 7) is 2.13. The second-order valence-corrected chi connectivity index (χ2v) is 11.9. The molecule has 3 atom stereocenters. The van der Waals surface area contributed by atoms with Gasteiger partial charge in [0.25, 0.3) is 16.0 Å². The highest BCUT2D eigenvalue weighted by Crippen LogP contribution is 2.30. The van der Waals surface area contributed by atoms with Crippen molar-refractivity contribution in [3.05, 3.63) is 66.6 Å². The molecule has 14 heteroatoms. The molecule has 2 heterocycles. The molecule has 0 bridgehead atoms. The molecule has 0 saturated carbocycles. The number of likely N-dealkylation sites (tertiary alicyclic amines) is 1. The lowest BCUT2D eigenvalue weighted by atomic mass is 10.1. The van der Waals surface area contributed by atoms with Crippen LogP contribution in [-0.2, 0) is 19.7 Å². The topological polar surface area (TPSA) is 177 Å². The van der Waals surface area contributed by atoms with Gasteiger partial charge in [-0.05, 0) is 30.7 Å². The third kappa shape index (κ3) is 7.94. The quantitative estimate of drug-likeness (QED) is 0.174. The number of amides is 2. The molecule has 2 amide bonds. The highest BCUT2D eigenvalue weighted by atomic mass is 32.2. The molecule has 1 aliphatic rings. The van der Waals surface area contributed by atoms with E-state index in [1.807, 2.05) is 0 Å². The molecule has 0 unspecified atom stereocenters. The number of imidazole rings is 1. The number of methoxy groups -OCH3 is 1. The summed E-state index contributed by atoms with van der Waals surface area (Å²) in [7, 11) is -3.13. The fraction of sp³-hybridized carbons (Fsp3) is 0.400. The Hall–Kier alpha value is -4.43. The van der Waals surface area contributed by atoms with Gasteiger partial charge in [0.05, 0.1) is 25.5 Å². The number of rotatable bonds is 14. The zero-order valence-corrected chi connectivity index (χ0v) is 25.3. The second-order valence-electron chi connectivity index (χ2n) is 10.5. The normalized spacial score (nSPS) is 17.2. The number of hydrogen-bond donors (Lipinski definition) is 3. The molecular weight excluding hydrogens is 592 g/mol. The number of nitrogens with zero attached hydrogens (tertiary/aromatic N) is 3. The van der Waals surface area contributed by atoms with Gasteiger partial charge in [-0.3, -0.25) is 14.1 Å². The van der Waals surface area contributed by atoms with Gasteiger partial charge in [0.2, 0.25) is 5.91 Å². The van der Waals surface area contributed by atoms with Crippen LogP contribution >= 0.6 is 0 Å². The van der Waals surface area contributed by atoms with E-state index in [1.165, 1.54) is 47.3 Å². The SMILES string of the molecule is CCCCCC[C@H](C(=O)N1C[C@@H](Oc2cccc(OC)c2)C[C@H]1C(=O)O)n1cnc(NC(=O)c2ccccc2S(=O)(=O)O)c1. The van der Waals surface area contributed by atoms with Crippen LogP contribution in [0.15, 0.2) is 66.0 Å². The van der Waals surface area contributed by atoms with E-state index in [1.54, 1.807) is 24.3 Å². The Morgan fingerprint density at radius 3 is 2.55 bits per heavy atom. The highest BCUT2D eigenvalue weighted by molar-refractivity contribution is 7.86. The number of carboxylic acid groups (broad SMARTS) is 1. The summed E-state index contributed by atoms with van der Waals surface area (Å²) in [5.74, 6) is -1.26. The van der Waals surface area contributed by atoms with Crippen LogP contribution in [0.2, 0.25) is 0 Å². The number of ether oxygens (including phenoxy) is 2. The molecule has 1 saturated heterocycles. The number of benzene rings is 2. The van der Waals surface area contributed by atoms with Gasteiger partial charge in [-0.25, -0.2) is 9.78 Å². The van der Waals surface area contributed by atoms with Gasteiger partial charge in [0, 0.05) is 18.7 Å². The maximum absolute atomic E-state index is 14.0. The van der Waals surface area contributed by atoms with Crippen molar-refractivity contribution in [1.29, 1.82) is 0 Å². The summed E-state index contributed by atoms with van der Waals surface area (Å²) < 4.78 is 45.8. The van der Waals surface area contributed by atoms with Crippen LogP contribution in [0.25, 0.3) is 0 Å². The predicted octanol–water partition coefficient (Wildman–Crippen LogP) is 4.04. The van der Waals surface area contributed by atoms with Crippen molar-refractivity contribution in [2.45, 2.75) is 68.5 Å². The first-order chi connectivity index (χ1) is 21.0. The first-order valence-electron chi connectivity index (χ1n) is 14.3. The third-order valence-corrected chi connectivity index (χ3v) is 8.32. The number of hydrogen-bond acceptors (Lipinski definition) is 8. The van der Waals surface area contributed by atoms with Crippen LogP contribution in [0.3, 0.4) is 0 Å². The maximum atomic E-state index is 14.0. The van der Waals surface area contributed by atoms with E-state index < -0.39 is 51.0 Å². The van der Waals surface area contributed by atoms with Gasteiger partial charge in [0.15, 0.2) is 5.82 Å². The molecule has 44 heavy (non-hydrogen) atoms. The molecule has 1 aliphatic heterocycles. The minimum absolute atomic E-state index is 0.0435. The van der Waals surface area contributed by atoms with Crippen molar-refractivity contribution in [2.24, 2.45) is 0 Å². The molecule has 0 radical (unpaired) electrons. The van der Waals surface area contributed by atoms with Crippen molar-refractivity contribution in [3.8, 4) is 11.5 Å². The van der Waals surface area contributed by atoms with E-state index in [-0.39, 0.29) is 24.3 Å². The van der Waals surface area contributed by atoms with Crippen molar-refractivity contribution >= 4 is 33.7 Å². The minimum atomic E-state index is -4.66. The van der Waals surface area contributed by atoms with Crippen molar-refractivity contribution < 1.29 is 41.9 Å². The Kier molecular flexibility index (Phi) is 10.6. The molecular formula is C30H36N4O9S. The molecule has 1 aromatic heterocycles. The molecule has 0 aliphatic carbocycles. The number of aliphatic carboxylic acids is 1. The van der Waals surface area contributed by atoms with E-state index in [2.05, 4.69) is 17.2 Å². The molecule has 236 valence electrons. The number of nitrogens with one attached hydrogen (secondary N) is 1. The average Bonchev–Trinajstić information content (AvgIpc) is 3.64. The maximum Gasteiger partial charge on any atom is 0.326 e. The third-order valence-electron chi connectivity index (χ3n) is 7.40. The Bertz CT molecular complexity index is 1590. The average molecular weight is 629 g/mol. The van der Waals surface area contributed by atoms with Crippen LogP contribution in [-0.4, -0.2) is 76.1 Å². The minimum Gasteiger partial charge on any atom is -0.497 e. The number of aromatic nitrogens is 2. The van der Waals surface area contributed by atoms with E-state index in [0.717, 1.165) is 25.3 Å². The molecule has 4 rings (SSSR count). The Morgan fingerprint density at radius 2 is 1.84 bits per heavy atom. The smallest absolute Gasteiger partial charge is 0.326 e. The standard InChI is InChI=1S/C30H36N4O9S/c1-3-4-5-6-13-24(33-18-27(31-19-33)32-28(35)23-12-7-8-14-26(23)44(39,40)41)29(36)34-17-22(16-25(34)30(37)38)43-21-11-9-10-20(15-21)42-2/h7-12,14-15,18-19,22,24-25H,3-6,13,16-17H2,1-2H3,(H,32,35)(H,37,38)(H,39,40,41)/t22-,24+,25-/m0/s1. The zero-order valence-electron chi connectivity index (χ0n) is 24.5. The van der Waals surface area contributed by atoms with Gasteiger partial charge in [-0.2, -0.15) is 8.42 Å². The first-order valence-corrected chi connectivity index (χ1v) is 15.7. The second kappa shape index (κ2) is 14.4. The van der Waals surface area contributed by atoms with Crippen LogP contribution in [0.4, 0.5) is 5.82 Å². The Balaban J connectivity index is 1.55. The van der Waals surface area contributed by atoms with Crippen LogP contribution in [0.1, 0.15) is 61.8 Å². The van der Waals surface area contributed by atoms with Crippen molar-refractivity contribution in [1.82, 2.24) is 14.5 Å². The first kappa shape index (κ1) is 32.5. The summed E-state index contributed by atoms with van der Waals surface area (Å²) in [6.07, 6.45) is 6.26. The Labute approximate surface area is 255 Å². The lowest BCUT2D eigenvalue weighted by molar-refractivity contribution is -0.149. The largest absolute Gasteiger partial charge is 0.497 e. The van der Waals surface area contributed by atoms with Gasteiger partial charge < -0.3 is 29.4 Å². The van der Waals surface area contributed by atoms with Gasteiger partial charge >= 0.3 is 5.97 Å². The molecule has 0 spiro atoms. The van der Waals surface area contributed by atoms with Crippen molar-refractivity contribution in [2.75, 3.05) is 19.0 Å². The van der Waals surface area contributed by atoms with Crippen LogP contribution in [0, 0.1) is 0 Å². The van der Waals surface area contributed by atoms with E-state index in [4.69, 9.17) is 9.47 Å². The fourth-order valence-electron chi connectivity index (χ4n) is 5.22. The summed E-state index contributed by atoms with van der Waals surface area (Å²) >= 11 is 0. The molecule has 3 N–H and O–H groups in total. The Morgan fingerprint density at radius 1 is 1.09 bits per heavy atom. The van der Waals surface area contributed by atoms with E-state index in [9.17, 15) is 32.5 Å². The highest BCUT2D eigenvalue weighted by Gasteiger charge is 2.43. The van der Waals surface area contributed by atoms with Gasteiger partial charge in [0.1, 0.15) is 34.6 Å². The fourth-order valence-corrected chi connectivity index (χ4v) is 5.91. The number of carbonyl (C=O) groups excluding carboxylic acids is 2. The molecule has 3 aromatic rings. The molecule has 13 nitrogen and oxygen atoms in total. The lowest BCUT2D eigenvalue weighted by Gasteiger charge is -2.27. The summed E-state index contributed by atoms with van der Waals surface area (Å²) in [6, 6.07) is 10.2. The van der Waals surface area contributed by atoms with E-state index >= 15 is 0 Å². The zero-order chi connectivity index (χ0) is 31.9. The number of anilines is 1. The van der Waals surface area contributed by atoms with E-state index in [0.29, 0.717) is 24.3 Å². The predicted molar refractivity (Wildman–Crippen MR) is 159 cm³/mol. The lowest BCUT2D eigenvalue weighted by Crippen LogP contribution is -2.44. The van der Waals surface area contributed by atoms with Crippen LogP contribution in [0.5, 0.6) is 11.5 Å². The summed E-state index contributed by atoms with van der Waals surface area (Å²) in [4.78, 5) is 44.1. The summed E-state index contributed by atoms with van der Waals surface area (Å²) in [5.41, 5.74) is -0.278. The van der Waals surface area contributed by atoms with Crippen LogP contribution < -0.4 is 14.8 Å². The molecule has 2 aromatic carbocycles. The number of carbonyl (C=O) groups is 3.